The number of nitrogens with one attached hydrogen (secondary N) is 4. The molecule has 0 aliphatic carbocycles. The van der Waals surface area contributed by atoms with Crippen LogP contribution in [-0.4, -0.2) is 105 Å². The van der Waals surface area contributed by atoms with Gasteiger partial charge in [-0.25, -0.2) is 33.3 Å². The molecule has 0 aromatic carbocycles. The first-order valence-electron chi connectivity index (χ1n) is 13.5. The third-order valence-corrected chi connectivity index (χ3v) is 11.0. The van der Waals surface area contributed by atoms with Gasteiger partial charge >= 0.3 is 34.8 Å². The van der Waals surface area contributed by atoms with E-state index >= 15 is 0 Å². The quantitative estimate of drug-likeness (QED) is 0.0854. The third kappa shape index (κ3) is 9.62. The molecule has 0 bridgehead atoms. The summed E-state index contributed by atoms with van der Waals surface area (Å²) in [6, 6.07) is 0. The Hall–Kier alpha value is -2.99. The molecule has 0 amide bonds. The van der Waals surface area contributed by atoms with E-state index in [9.17, 15) is 58.4 Å². The topological polar surface area (TPSA) is 364 Å². The number of rotatable bonds is 16. The zero-order chi connectivity index (χ0) is 36.3. The maximum absolute atomic E-state index is 12.4. The summed E-state index contributed by atoms with van der Waals surface area (Å²) in [6.45, 7) is 4.74. The minimum Gasteiger partial charge on any atom is -0.387 e. The molecule has 27 heteroatoms. The number of ether oxygens (including phenoxy) is 2. The number of phosphoric ester groups is 2. The fourth-order valence-electron chi connectivity index (χ4n) is 4.63. The number of aliphatic hydroxyl groups excluding tert-OH is 4. The summed E-state index contributed by atoms with van der Waals surface area (Å²) in [4.78, 5) is 64.6. The van der Waals surface area contributed by atoms with Crippen molar-refractivity contribution >= 4 is 35.1 Å². The van der Waals surface area contributed by atoms with Crippen molar-refractivity contribution in [3.63, 3.8) is 0 Å². The molecule has 4 heterocycles. The average molecular weight is 760 g/mol. The molecular weight excluding hydrogens is 729 g/mol. The summed E-state index contributed by atoms with van der Waals surface area (Å²) in [5.74, 6) is -0.0203. The summed E-state index contributed by atoms with van der Waals surface area (Å²) in [5.41, 5.74) is -1.48. The van der Waals surface area contributed by atoms with E-state index in [2.05, 4.69) is 61.4 Å². The fraction of sp³-hybridized carbons (Fsp3) is 0.455. The lowest BCUT2D eigenvalue weighted by Gasteiger charge is -2.21. The van der Waals surface area contributed by atoms with Gasteiger partial charge in [-0.3, -0.25) is 19.0 Å². The molecule has 0 spiro atoms. The fourth-order valence-corrected chi connectivity index (χ4v) is 8.15. The lowest BCUT2D eigenvalue weighted by molar-refractivity contribution is -0.0236. The van der Waals surface area contributed by atoms with E-state index < -0.39 is 96.9 Å². The van der Waals surface area contributed by atoms with Gasteiger partial charge in [0, 0.05) is 23.5 Å². The van der Waals surface area contributed by atoms with E-state index in [0.717, 1.165) is 12.4 Å². The Morgan fingerprint density at radius 2 is 1.08 bits per heavy atom. The van der Waals surface area contributed by atoms with Crippen LogP contribution in [0.3, 0.4) is 0 Å². The van der Waals surface area contributed by atoms with E-state index in [-0.39, 0.29) is 22.8 Å². The predicted octanol–water partition coefficient (Wildman–Crippen LogP) is -1.64. The van der Waals surface area contributed by atoms with Crippen LogP contribution in [-0.2, 0) is 40.8 Å². The van der Waals surface area contributed by atoms with Crippen LogP contribution in [0.1, 0.15) is 23.3 Å². The molecule has 11 N–H and O–H groups in total. The zero-order valence-corrected chi connectivity index (χ0v) is 27.3. The van der Waals surface area contributed by atoms with Crippen LogP contribution in [0.5, 0.6) is 0 Å². The van der Waals surface area contributed by atoms with Gasteiger partial charge in [-0.2, -0.15) is 8.62 Å². The van der Waals surface area contributed by atoms with Gasteiger partial charge in [-0.15, -0.1) is 0 Å². The van der Waals surface area contributed by atoms with Crippen LogP contribution < -0.4 is 22.0 Å². The largest absolute Gasteiger partial charge is 0.490 e. The maximum atomic E-state index is 12.4. The number of hydrogen-bond donors (Lipinski definition) is 11. The number of hydrogen-bond acceptors (Lipinski definition) is 19. The van der Waals surface area contributed by atoms with Gasteiger partial charge in [-0.05, 0) is 12.4 Å². The van der Waals surface area contributed by atoms with E-state index in [0.29, 0.717) is 0 Å². The summed E-state index contributed by atoms with van der Waals surface area (Å²) >= 11 is 0. The van der Waals surface area contributed by atoms with Crippen molar-refractivity contribution in [2.45, 2.75) is 48.8 Å². The third-order valence-electron chi connectivity index (χ3n) is 6.73. The highest BCUT2D eigenvalue weighted by atomic mass is 31.3. The van der Waals surface area contributed by atoms with Gasteiger partial charge < -0.3 is 55.2 Å². The van der Waals surface area contributed by atoms with Crippen LogP contribution in [0.25, 0.3) is 0 Å². The Labute approximate surface area is 273 Å². The summed E-state index contributed by atoms with van der Waals surface area (Å²) in [5, 5.41) is 46.8. The van der Waals surface area contributed by atoms with E-state index in [1.807, 2.05) is 0 Å². The number of nitrogens with zero attached hydrogens (tertiary/aromatic N) is 2. The molecule has 0 saturated carbocycles. The second-order valence-electron chi connectivity index (χ2n) is 10.0. The number of aromatic amines is 2. The summed E-state index contributed by atoms with van der Waals surface area (Å²) in [6.07, 6.45) is -8.49. The standard InChI is InChI=1S/C22H31N6O18P3/c1-3-23-19-9(5-25-21(33)27-19)17-15(31)13(29)11(43-17)7-41-47(35,36)45-49(39,40)46-48(37,38)42-8-12-14(30)16(32)18(44-12)10-6-26-22(34)28-20(10)24-4-2/h3-6,11-18,29-32H,1-2,7-8H2,(H,35,36)(H,37,38)(H,39,40)(H2,23,25,27,33)(H2,24,26,28,34)/t11-,12-,13-,14-,15-,16-,17-,18+/m1/s1. The Bertz CT molecular complexity index is 1670. The molecule has 2 aromatic heterocycles. The molecule has 3 unspecified atom stereocenters. The van der Waals surface area contributed by atoms with Crippen molar-refractivity contribution in [1.29, 1.82) is 0 Å². The normalized spacial score (nSPS) is 30.5. The highest BCUT2D eigenvalue weighted by molar-refractivity contribution is 7.66. The molecule has 2 fully saturated rings. The second kappa shape index (κ2) is 15.5. The SMILES string of the molecule is C=CNc1[nH]c(=O)ncc1[C@H]1O[C@H](COP(=O)(O)OP(=O)(O)OP(=O)(O)OC[C@H]2O[C@@H](c3cnc(=O)[nH]c3NC=C)[C@H](O)[C@@H]2O)[C@@H](O)[C@H]1O. The van der Waals surface area contributed by atoms with E-state index in [4.69, 9.17) is 9.47 Å². The molecule has 2 aliphatic rings. The molecule has 4 rings (SSSR count). The smallest absolute Gasteiger partial charge is 0.387 e. The molecule has 272 valence electrons. The minimum atomic E-state index is -5.97. The first-order valence-corrected chi connectivity index (χ1v) is 18.0. The zero-order valence-electron chi connectivity index (χ0n) is 24.6. The van der Waals surface area contributed by atoms with Crippen molar-refractivity contribution in [3.05, 3.63) is 70.0 Å². The highest BCUT2D eigenvalue weighted by Gasteiger charge is 2.49. The van der Waals surface area contributed by atoms with Gasteiger partial charge in [0.25, 0.3) is 0 Å². The van der Waals surface area contributed by atoms with Crippen LogP contribution in [0.4, 0.5) is 11.6 Å². The molecule has 11 atom stereocenters. The highest BCUT2D eigenvalue weighted by Crippen LogP contribution is 2.68. The van der Waals surface area contributed by atoms with E-state index in [1.165, 1.54) is 12.4 Å². The monoisotopic (exact) mass is 760 g/mol. The van der Waals surface area contributed by atoms with Crippen LogP contribution >= 0.6 is 23.5 Å². The predicted molar refractivity (Wildman–Crippen MR) is 160 cm³/mol. The Balaban J connectivity index is 1.33. The molecule has 24 nitrogen and oxygen atoms in total. The first-order chi connectivity index (χ1) is 22.9. The van der Waals surface area contributed by atoms with Crippen molar-refractivity contribution in [2.24, 2.45) is 0 Å². The van der Waals surface area contributed by atoms with Crippen LogP contribution in [0.15, 0.2) is 47.5 Å². The average Bonchev–Trinajstić information content (AvgIpc) is 3.44. The first kappa shape index (κ1) is 38.8. The number of aliphatic hydroxyl groups is 4. The van der Waals surface area contributed by atoms with Crippen molar-refractivity contribution < 1.29 is 75.9 Å². The van der Waals surface area contributed by atoms with Crippen LogP contribution in [0.2, 0.25) is 0 Å². The molecular formula is C22H31N6O18P3. The van der Waals surface area contributed by atoms with Gasteiger partial charge in [0.05, 0.1) is 13.2 Å². The molecule has 2 aromatic rings. The van der Waals surface area contributed by atoms with Gasteiger partial charge in [-0.1, -0.05) is 13.2 Å². The lowest BCUT2D eigenvalue weighted by Crippen LogP contribution is -2.33. The van der Waals surface area contributed by atoms with Gasteiger partial charge in [0.1, 0.15) is 60.5 Å². The number of H-pyrrole nitrogens is 2. The Kier molecular flexibility index (Phi) is 12.3. The summed E-state index contributed by atoms with van der Waals surface area (Å²) < 4.78 is 65.2. The van der Waals surface area contributed by atoms with Crippen molar-refractivity contribution in [2.75, 3.05) is 23.8 Å². The van der Waals surface area contributed by atoms with Crippen molar-refractivity contribution in [1.82, 2.24) is 19.9 Å². The lowest BCUT2D eigenvalue weighted by atomic mass is 10.0. The minimum absolute atomic E-state index is 0.0102. The second-order valence-corrected chi connectivity index (χ2v) is 14.7. The number of phosphoric acid groups is 3. The number of aromatic nitrogens is 4. The Morgan fingerprint density at radius 1 is 0.714 bits per heavy atom. The van der Waals surface area contributed by atoms with E-state index in [1.54, 1.807) is 0 Å². The Morgan fingerprint density at radius 3 is 1.43 bits per heavy atom. The molecule has 0 radical (unpaired) electrons. The van der Waals surface area contributed by atoms with Gasteiger partial charge in [0.2, 0.25) is 0 Å². The maximum Gasteiger partial charge on any atom is 0.490 e. The molecule has 2 saturated heterocycles. The molecule has 49 heavy (non-hydrogen) atoms. The van der Waals surface area contributed by atoms with Crippen molar-refractivity contribution in [3.8, 4) is 0 Å². The molecule has 2 aliphatic heterocycles. The van der Waals surface area contributed by atoms with Crippen LogP contribution in [0, 0.1) is 0 Å². The van der Waals surface area contributed by atoms with Gasteiger partial charge in [0.15, 0.2) is 0 Å². The summed E-state index contributed by atoms with van der Waals surface area (Å²) in [7, 11) is -17.3. The number of anilines is 2.